The van der Waals surface area contributed by atoms with Crippen molar-refractivity contribution in [3.8, 4) is 0 Å². The van der Waals surface area contributed by atoms with Gasteiger partial charge in [-0.05, 0) is 71.9 Å². The molecule has 0 unspecified atom stereocenters. The van der Waals surface area contributed by atoms with E-state index in [0.717, 1.165) is 55.3 Å². The van der Waals surface area contributed by atoms with Crippen molar-refractivity contribution in [1.82, 2.24) is 5.32 Å². The van der Waals surface area contributed by atoms with Crippen LogP contribution in [0.3, 0.4) is 0 Å². The molecule has 6 nitrogen and oxygen atoms in total. The molecule has 0 radical (unpaired) electrons. The number of hydrogen-bond donors (Lipinski definition) is 3. The molecule has 2 aromatic carbocycles. The van der Waals surface area contributed by atoms with Crippen molar-refractivity contribution in [3.05, 3.63) is 63.7 Å². The number of aryl methyl sites for hydroxylation is 2. The number of amides is 2. The molecule has 30 heavy (non-hydrogen) atoms. The molecule has 0 bridgehead atoms. The average molecular weight is 408 g/mol. The molecule has 0 spiro atoms. The van der Waals surface area contributed by atoms with Gasteiger partial charge in [0.1, 0.15) is 6.04 Å². The zero-order valence-corrected chi connectivity index (χ0v) is 17.3. The molecule has 4 rings (SSSR count). The largest absolute Gasteiger partial charge is 0.467 e. The van der Waals surface area contributed by atoms with E-state index in [1.54, 1.807) is 0 Å². The van der Waals surface area contributed by atoms with Crippen LogP contribution in [0.25, 0.3) is 0 Å². The Bertz CT molecular complexity index is 938. The predicted molar refractivity (Wildman–Crippen MR) is 115 cm³/mol. The first-order valence-electron chi connectivity index (χ1n) is 10.6. The number of carbonyl (C=O) groups is 2. The van der Waals surface area contributed by atoms with Crippen molar-refractivity contribution >= 4 is 17.7 Å². The first kappa shape index (κ1) is 20.4. The van der Waals surface area contributed by atoms with Gasteiger partial charge in [0.25, 0.3) is 0 Å². The third-order valence-electron chi connectivity index (χ3n) is 6.12. The monoisotopic (exact) mass is 408 g/mol. The molecule has 1 atom stereocenters. The average Bonchev–Trinajstić information content (AvgIpc) is 3.42. The number of hydrogen-bond acceptors (Lipinski definition) is 4. The third kappa shape index (κ3) is 4.19. The van der Waals surface area contributed by atoms with E-state index in [2.05, 4.69) is 16.7 Å². The number of aliphatic hydroxyl groups is 1. The van der Waals surface area contributed by atoms with Crippen LogP contribution in [-0.4, -0.2) is 30.3 Å². The van der Waals surface area contributed by atoms with Crippen molar-refractivity contribution in [3.63, 3.8) is 0 Å². The maximum atomic E-state index is 12.9. The van der Waals surface area contributed by atoms with Gasteiger partial charge < -0.3 is 20.5 Å². The van der Waals surface area contributed by atoms with Gasteiger partial charge in [0.05, 0.1) is 13.7 Å². The van der Waals surface area contributed by atoms with Crippen LogP contribution in [0, 0.1) is 0 Å². The van der Waals surface area contributed by atoms with E-state index >= 15 is 0 Å². The number of methoxy groups -OCH3 is 1. The molecule has 0 saturated carbocycles. The van der Waals surface area contributed by atoms with Crippen LogP contribution in [-0.2, 0) is 48.2 Å². The Labute approximate surface area is 176 Å². The summed E-state index contributed by atoms with van der Waals surface area (Å²) in [5.74, 6) is -0.497. The predicted octanol–water partition coefficient (Wildman–Crippen LogP) is 3.06. The molecule has 2 amide bonds. The summed E-state index contributed by atoms with van der Waals surface area (Å²) in [5.41, 5.74) is 7.73. The quantitative estimate of drug-likeness (QED) is 0.641. The molecular weight excluding hydrogens is 380 g/mol. The van der Waals surface area contributed by atoms with Crippen LogP contribution >= 0.6 is 0 Å². The lowest BCUT2D eigenvalue weighted by atomic mass is 9.99. The summed E-state index contributed by atoms with van der Waals surface area (Å²) in [6, 6.07) is 8.45. The van der Waals surface area contributed by atoms with E-state index in [-0.39, 0.29) is 6.61 Å². The van der Waals surface area contributed by atoms with E-state index in [9.17, 15) is 14.7 Å². The number of esters is 1. The number of ether oxygens (including phenoxy) is 1. The van der Waals surface area contributed by atoms with Crippen LogP contribution in [0.2, 0.25) is 0 Å². The zero-order valence-electron chi connectivity index (χ0n) is 17.3. The minimum Gasteiger partial charge on any atom is -0.467 e. The topological polar surface area (TPSA) is 87.7 Å². The smallest absolute Gasteiger partial charge is 0.328 e. The number of nitrogens with one attached hydrogen (secondary N) is 2. The first-order chi connectivity index (χ1) is 14.6. The number of benzene rings is 2. The highest BCUT2D eigenvalue weighted by Gasteiger charge is 2.27. The molecule has 0 aliphatic heterocycles. The number of urea groups is 1. The van der Waals surface area contributed by atoms with Gasteiger partial charge in [-0.15, -0.1) is 0 Å². The maximum absolute atomic E-state index is 12.9. The van der Waals surface area contributed by atoms with Gasteiger partial charge >= 0.3 is 12.0 Å². The zero-order chi connectivity index (χ0) is 21.1. The van der Waals surface area contributed by atoms with Crippen molar-refractivity contribution < 1.29 is 19.4 Å². The lowest BCUT2D eigenvalue weighted by Gasteiger charge is -2.20. The molecule has 0 heterocycles. The summed E-state index contributed by atoms with van der Waals surface area (Å²) in [6.45, 7) is -0.0745. The molecular formula is C24H28N2O4. The van der Waals surface area contributed by atoms with Crippen LogP contribution in [0.5, 0.6) is 0 Å². The van der Waals surface area contributed by atoms with Gasteiger partial charge in [-0.1, -0.05) is 30.3 Å². The summed E-state index contributed by atoms with van der Waals surface area (Å²) in [5, 5.41) is 15.2. The Kier molecular flexibility index (Phi) is 6.04. The van der Waals surface area contributed by atoms with Crippen LogP contribution < -0.4 is 10.6 Å². The Hall–Kier alpha value is -2.86. The highest BCUT2D eigenvalue weighted by molar-refractivity contribution is 5.94. The lowest BCUT2D eigenvalue weighted by molar-refractivity contribution is -0.142. The highest BCUT2D eigenvalue weighted by atomic mass is 16.5. The summed E-state index contributed by atoms with van der Waals surface area (Å²) >= 11 is 0. The fraction of sp³-hybridized carbons (Fsp3) is 0.417. The van der Waals surface area contributed by atoms with E-state index < -0.39 is 18.0 Å². The van der Waals surface area contributed by atoms with Gasteiger partial charge in [-0.25, -0.2) is 9.59 Å². The second-order valence-electron chi connectivity index (χ2n) is 8.09. The van der Waals surface area contributed by atoms with Crippen LogP contribution in [0.4, 0.5) is 10.5 Å². The van der Waals surface area contributed by atoms with Gasteiger partial charge in [0, 0.05) is 12.1 Å². The lowest BCUT2D eigenvalue weighted by Crippen LogP contribution is -2.45. The SMILES string of the molecule is COC(=O)[C@@H](Cc1cccc(CO)c1)NC(=O)Nc1c2c(cc3c1CCC3)CCC2. The molecule has 3 N–H and O–H groups in total. The number of rotatable bonds is 6. The first-order valence-corrected chi connectivity index (χ1v) is 10.6. The molecule has 6 heteroatoms. The summed E-state index contributed by atoms with van der Waals surface area (Å²) in [6.07, 6.45) is 6.59. The van der Waals surface area contributed by atoms with Crippen molar-refractivity contribution in [1.29, 1.82) is 0 Å². The van der Waals surface area contributed by atoms with Crippen LogP contribution in [0.15, 0.2) is 30.3 Å². The van der Waals surface area contributed by atoms with Crippen molar-refractivity contribution in [2.45, 2.75) is 57.6 Å². The van der Waals surface area contributed by atoms with Gasteiger partial charge in [0.2, 0.25) is 0 Å². The summed E-state index contributed by atoms with van der Waals surface area (Å²) < 4.78 is 4.91. The van der Waals surface area contributed by atoms with E-state index in [0.29, 0.717) is 6.42 Å². The Balaban J connectivity index is 1.52. The van der Waals surface area contributed by atoms with Gasteiger partial charge in [-0.3, -0.25) is 0 Å². The van der Waals surface area contributed by atoms with Crippen LogP contribution in [0.1, 0.15) is 46.2 Å². The van der Waals surface area contributed by atoms with E-state index in [1.165, 1.54) is 29.4 Å². The standard InChI is InChI=1S/C24H28N2O4/c1-30-23(28)21(12-15-5-2-6-16(11-15)14-27)25-24(29)26-22-19-9-3-7-17(19)13-18-8-4-10-20(18)22/h2,5-6,11,13,21,27H,3-4,7-10,12,14H2,1H3,(H2,25,26,29)/t21-/m1/s1. The summed E-state index contributed by atoms with van der Waals surface area (Å²) in [7, 11) is 1.32. The fourth-order valence-electron chi connectivity index (χ4n) is 4.70. The highest BCUT2D eigenvalue weighted by Crippen LogP contribution is 2.38. The number of anilines is 1. The van der Waals surface area contributed by atoms with Crippen molar-refractivity contribution in [2.75, 3.05) is 12.4 Å². The molecule has 0 saturated heterocycles. The second-order valence-corrected chi connectivity index (χ2v) is 8.09. The number of fused-ring (bicyclic) bond motifs is 2. The summed E-state index contributed by atoms with van der Waals surface area (Å²) in [4.78, 5) is 25.2. The molecule has 2 aliphatic carbocycles. The molecule has 0 aromatic heterocycles. The van der Waals surface area contributed by atoms with Gasteiger partial charge in [-0.2, -0.15) is 0 Å². The third-order valence-corrected chi connectivity index (χ3v) is 6.12. The molecule has 2 aromatic rings. The van der Waals surface area contributed by atoms with E-state index in [4.69, 9.17) is 4.74 Å². The molecule has 2 aliphatic rings. The normalized spacial score (nSPS) is 15.3. The minimum absolute atomic E-state index is 0.0745. The maximum Gasteiger partial charge on any atom is 0.328 e. The second kappa shape index (κ2) is 8.88. The van der Waals surface area contributed by atoms with Crippen molar-refractivity contribution in [2.24, 2.45) is 0 Å². The van der Waals surface area contributed by atoms with Gasteiger partial charge in [0.15, 0.2) is 0 Å². The Morgan fingerprint density at radius 2 is 1.70 bits per heavy atom. The molecule has 158 valence electrons. The Morgan fingerprint density at radius 1 is 1.03 bits per heavy atom. The van der Waals surface area contributed by atoms with E-state index in [1.807, 2.05) is 24.3 Å². The Morgan fingerprint density at radius 3 is 2.33 bits per heavy atom. The number of carbonyl (C=O) groups excluding carboxylic acids is 2. The fourth-order valence-corrected chi connectivity index (χ4v) is 4.70. The number of aliphatic hydroxyl groups excluding tert-OH is 1. The molecule has 0 fully saturated rings. The minimum atomic E-state index is -0.811.